The Morgan fingerprint density at radius 2 is 1.72 bits per heavy atom. The molecule has 3 unspecified atom stereocenters. The maximum Gasteiger partial charge on any atom is 0.344 e. The molecule has 12 atom stereocenters. The second-order valence-electron chi connectivity index (χ2n) is 19.3. The molecule has 3 aromatic rings. The first-order chi connectivity index (χ1) is 29.3. The summed E-state index contributed by atoms with van der Waals surface area (Å²) in [6.45, 7) is 8.64. The summed E-state index contributed by atoms with van der Waals surface area (Å²) in [5.74, 6) is -1.59. The Kier molecular flexibility index (Phi) is 9.14. The van der Waals surface area contributed by atoms with Crippen LogP contribution in [-0.4, -0.2) is 133 Å². The van der Waals surface area contributed by atoms with Crippen molar-refractivity contribution >= 4 is 40.9 Å². The smallest absolute Gasteiger partial charge is 0.344 e. The number of carbonyl (C=O) groups is 4. The third kappa shape index (κ3) is 5.10. The Hall–Kier alpha value is -4.50. The number of esters is 3. The lowest BCUT2D eigenvalue weighted by atomic mass is 9.46. The van der Waals surface area contributed by atoms with Crippen molar-refractivity contribution in [3.63, 3.8) is 0 Å². The predicted molar refractivity (Wildman–Crippen MR) is 223 cm³/mol. The lowest BCUT2D eigenvalue weighted by molar-refractivity contribution is -0.245. The molecule has 2 aromatic carbocycles. The van der Waals surface area contributed by atoms with E-state index in [1.807, 2.05) is 38.1 Å². The number of aromatic amines is 1. The number of ether oxygens (including phenoxy) is 4. The second kappa shape index (κ2) is 13.7. The van der Waals surface area contributed by atoms with E-state index in [2.05, 4.69) is 20.9 Å². The summed E-state index contributed by atoms with van der Waals surface area (Å²) in [6.07, 6.45) is 3.07. The normalized spacial score (nSPS) is 39.3. The summed E-state index contributed by atoms with van der Waals surface area (Å²) < 4.78 is 24.0. The Morgan fingerprint density at radius 3 is 2.41 bits per heavy atom. The van der Waals surface area contributed by atoms with Crippen molar-refractivity contribution in [3.8, 4) is 5.75 Å². The molecule has 61 heavy (non-hydrogen) atoms. The summed E-state index contributed by atoms with van der Waals surface area (Å²) in [5.41, 5.74) is -2.64. The van der Waals surface area contributed by atoms with E-state index in [1.165, 1.54) is 33.2 Å². The molecule has 1 spiro atoms. The van der Waals surface area contributed by atoms with Gasteiger partial charge in [-0.05, 0) is 92.5 Å². The van der Waals surface area contributed by atoms with Crippen LogP contribution >= 0.6 is 0 Å². The number of aromatic nitrogens is 1. The van der Waals surface area contributed by atoms with Crippen LogP contribution < -0.4 is 9.64 Å². The average molecular weight is 839 g/mol. The molecule has 2 bridgehead atoms. The molecule has 5 aliphatic heterocycles. The summed E-state index contributed by atoms with van der Waals surface area (Å²) in [7, 11) is 4.15. The summed E-state index contributed by atoms with van der Waals surface area (Å²) in [6, 6.07) is 10.2. The number of aliphatic hydroxyl groups is 2. The van der Waals surface area contributed by atoms with Gasteiger partial charge in [0.1, 0.15) is 11.2 Å². The molecule has 2 aliphatic carbocycles. The molecular formula is C47H58N4O10. The van der Waals surface area contributed by atoms with Crippen molar-refractivity contribution in [2.45, 2.75) is 106 Å². The number of nitrogens with one attached hydrogen (secondary N) is 1. The lowest BCUT2D eigenvalue weighted by Gasteiger charge is -2.64. The number of piperidine rings is 2. The van der Waals surface area contributed by atoms with E-state index in [9.17, 15) is 24.6 Å². The first kappa shape index (κ1) is 40.6. The minimum absolute atomic E-state index is 0.0397. The van der Waals surface area contributed by atoms with Crippen molar-refractivity contribution in [2.75, 3.05) is 59.0 Å². The fourth-order valence-corrected chi connectivity index (χ4v) is 14.7. The van der Waals surface area contributed by atoms with Crippen molar-refractivity contribution in [2.24, 2.45) is 23.2 Å². The van der Waals surface area contributed by atoms with Gasteiger partial charge in [-0.25, -0.2) is 4.79 Å². The van der Waals surface area contributed by atoms with Crippen LogP contribution in [0.1, 0.15) is 81.7 Å². The maximum atomic E-state index is 15.4. The molecule has 0 radical (unpaired) electrons. The molecule has 326 valence electrons. The lowest BCUT2D eigenvalue weighted by Crippen LogP contribution is -2.82. The van der Waals surface area contributed by atoms with E-state index < -0.39 is 57.5 Å². The van der Waals surface area contributed by atoms with Crippen LogP contribution in [0.5, 0.6) is 5.75 Å². The monoisotopic (exact) mass is 838 g/mol. The highest BCUT2D eigenvalue weighted by Gasteiger charge is 2.85. The van der Waals surface area contributed by atoms with Crippen LogP contribution in [0.15, 0.2) is 36.4 Å². The number of hydrogen-bond acceptors (Lipinski definition) is 12. The summed E-state index contributed by atoms with van der Waals surface area (Å²) in [4.78, 5) is 66.8. The van der Waals surface area contributed by atoms with Gasteiger partial charge in [-0.2, -0.15) is 0 Å². The Labute approximate surface area is 355 Å². The second-order valence-corrected chi connectivity index (χ2v) is 19.3. The van der Waals surface area contributed by atoms with E-state index in [1.54, 1.807) is 6.07 Å². The SMILES string of the molecule is CC[C@]1(O)CC2CN(CCc3c([nH]c4ccccc34)C(C(=O)OC)(c3cc4c(cc3OC)N(C=O)[C@H]3[C@@](O)(C(=O)OC)[C@H](OC(C)=O)[C@]5(CC)[C@@H]6C[C@@H]6CN6CC[C@]43[C@@H]65)C2)C1. The molecule has 1 aromatic heterocycles. The molecule has 7 aliphatic rings. The zero-order valence-corrected chi connectivity index (χ0v) is 36.0. The molecule has 10 rings (SSSR count). The van der Waals surface area contributed by atoms with Crippen LogP contribution in [0.4, 0.5) is 5.69 Å². The van der Waals surface area contributed by atoms with Crippen molar-refractivity contribution in [1.29, 1.82) is 0 Å². The first-order valence-corrected chi connectivity index (χ1v) is 22.1. The quantitative estimate of drug-likeness (QED) is 0.172. The first-order valence-electron chi connectivity index (χ1n) is 22.1. The Balaban J connectivity index is 1.29. The van der Waals surface area contributed by atoms with Crippen LogP contribution in [0.25, 0.3) is 10.9 Å². The van der Waals surface area contributed by atoms with Crippen LogP contribution in [0.2, 0.25) is 0 Å². The summed E-state index contributed by atoms with van der Waals surface area (Å²) >= 11 is 0. The van der Waals surface area contributed by atoms with Crippen LogP contribution in [0.3, 0.4) is 0 Å². The third-order valence-corrected chi connectivity index (χ3v) is 16.8. The largest absolute Gasteiger partial charge is 0.496 e. The van der Waals surface area contributed by atoms with Gasteiger partial charge in [0.15, 0.2) is 6.10 Å². The molecule has 1 amide bonds. The molecule has 3 N–H and O–H groups in total. The van der Waals surface area contributed by atoms with Gasteiger partial charge in [-0.3, -0.25) is 24.2 Å². The van der Waals surface area contributed by atoms with Gasteiger partial charge in [0.05, 0.1) is 38.7 Å². The van der Waals surface area contributed by atoms with E-state index in [0.717, 1.165) is 29.4 Å². The van der Waals surface area contributed by atoms with Gasteiger partial charge < -0.3 is 39.0 Å². The Morgan fingerprint density at radius 1 is 0.951 bits per heavy atom. The Bertz CT molecular complexity index is 2350. The van der Waals surface area contributed by atoms with Gasteiger partial charge in [0, 0.05) is 78.2 Å². The van der Waals surface area contributed by atoms with Crippen LogP contribution in [0, 0.1) is 23.2 Å². The number of methoxy groups -OCH3 is 3. The van der Waals surface area contributed by atoms with E-state index in [0.29, 0.717) is 93.0 Å². The molecular weight excluding hydrogens is 781 g/mol. The number of benzene rings is 2. The number of anilines is 1. The van der Waals surface area contributed by atoms with Gasteiger partial charge in [0.25, 0.3) is 0 Å². The van der Waals surface area contributed by atoms with Gasteiger partial charge in [-0.1, -0.05) is 32.0 Å². The topological polar surface area (TPSA) is 171 Å². The fraction of sp³-hybridized carbons (Fsp3) is 0.617. The van der Waals surface area contributed by atoms with Crippen molar-refractivity contribution in [3.05, 3.63) is 58.8 Å². The van der Waals surface area contributed by atoms with E-state index in [-0.39, 0.29) is 30.2 Å². The van der Waals surface area contributed by atoms with Crippen molar-refractivity contribution < 1.29 is 48.3 Å². The van der Waals surface area contributed by atoms with Gasteiger partial charge in [0.2, 0.25) is 12.0 Å². The minimum Gasteiger partial charge on any atom is -0.496 e. The molecule has 5 fully saturated rings. The van der Waals surface area contributed by atoms with Crippen molar-refractivity contribution in [1.82, 2.24) is 14.8 Å². The minimum atomic E-state index is -2.47. The van der Waals surface area contributed by atoms with E-state index in [4.69, 9.17) is 18.9 Å². The number of para-hydroxylation sites is 1. The molecule has 14 heteroatoms. The molecule has 3 saturated heterocycles. The number of rotatable bonds is 8. The number of nitrogens with zero attached hydrogens (tertiary/aromatic N) is 3. The average Bonchev–Trinajstić information content (AvgIpc) is 3.67. The predicted octanol–water partition coefficient (Wildman–Crippen LogP) is 3.60. The highest BCUT2D eigenvalue weighted by Crippen LogP contribution is 2.74. The number of fused-ring (bicyclic) bond motifs is 8. The highest BCUT2D eigenvalue weighted by molar-refractivity contribution is 5.96. The molecule has 2 saturated carbocycles. The van der Waals surface area contributed by atoms with Gasteiger partial charge >= 0.3 is 17.9 Å². The van der Waals surface area contributed by atoms with Crippen LogP contribution in [-0.2, 0) is 50.6 Å². The maximum absolute atomic E-state index is 15.4. The third-order valence-electron chi connectivity index (χ3n) is 16.8. The zero-order valence-electron chi connectivity index (χ0n) is 36.0. The molecule has 14 nitrogen and oxygen atoms in total. The standard InChI is InChI=1S/C47H58N4O10/c1-7-43(56)20-27-21-46(41(54)59-5,37-30(13-15-49(22-27)24-43)29-11-9-10-12-34(29)48-37)33-18-32-35(19-36(33)58-4)51(25-52)39-45(32)14-16-50-23-28-17-31(28)44(8-2,38(45)50)40(61-26(3)53)47(39,57)42(55)60-6/h9-12,18-19,25,27-28,31,38-40,48,56-57H,7-8,13-17,20-24H2,1-6H3/t27?,28-,31-,38+,39-,40-,43+,44-,45-,46?,47+/m1/s1. The van der Waals surface area contributed by atoms with E-state index >= 15 is 4.79 Å². The zero-order chi connectivity index (χ0) is 43.0. The number of H-pyrrole nitrogens is 1. The number of carbonyl (C=O) groups excluding carboxylic acids is 4. The fourth-order valence-electron chi connectivity index (χ4n) is 14.7. The molecule has 6 heterocycles. The number of hydrogen-bond donors (Lipinski definition) is 3. The summed E-state index contributed by atoms with van der Waals surface area (Å²) in [5, 5.41) is 26.5. The van der Waals surface area contributed by atoms with Gasteiger partial charge in [-0.15, -0.1) is 0 Å². The number of amides is 1. The highest BCUT2D eigenvalue weighted by atomic mass is 16.6.